The first kappa shape index (κ1) is 14.8. The first-order chi connectivity index (χ1) is 10.0. The lowest BCUT2D eigenvalue weighted by atomic mass is 10.0. The number of nitrogens with one attached hydrogen (secondary N) is 2. The molecule has 8 nitrogen and oxygen atoms in total. The molecule has 1 aliphatic rings. The molecular weight excluding hydrogens is 278 g/mol. The number of nitro benzene ring substituents is 1. The van der Waals surface area contributed by atoms with Gasteiger partial charge in [-0.3, -0.25) is 19.7 Å². The van der Waals surface area contributed by atoms with Crippen molar-refractivity contribution < 1.29 is 19.2 Å². The molecule has 0 atom stereocenters. The SMILES string of the molecule is COC(=O)CCNc1cc2c(cc1[N+](=O)[O-])CCC(=O)N2. The minimum Gasteiger partial charge on any atom is -0.469 e. The molecular formula is C13H15N3O5. The number of carbonyl (C=O) groups is 2. The summed E-state index contributed by atoms with van der Waals surface area (Å²) < 4.78 is 4.50. The van der Waals surface area contributed by atoms with Gasteiger partial charge in [-0.1, -0.05) is 0 Å². The molecule has 21 heavy (non-hydrogen) atoms. The van der Waals surface area contributed by atoms with E-state index in [-0.39, 0.29) is 30.2 Å². The van der Waals surface area contributed by atoms with Crippen molar-refractivity contribution in [2.24, 2.45) is 0 Å². The minimum atomic E-state index is -0.489. The van der Waals surface area contributed by atoms with E-state index >= 15 is 0 Å². The van der Waals surface area contributed by atoms with Crippen LogP contribution in [0.3, 0.4) is 0 Å². The number of amides is 1. The summed E-state index contributed by atoms with van der Waals surface area (Å²) in [5.74, 6) is -0.520. The van der Waals surface area contributed by atoms with Gasteiger partial charge >= 0.3 is 5.97 Å². The Morgan fingerprint density at radius 1 is 1.48 bits per heavy atom. The second-order valence-electron chi connectivity index (χ2n) is 4.58. The van der Waals surface area contributed by atoms with Gasteiger partial charge in [-0.05, 0) is 18.1 Å². The standard InChI is InChI=1S/C13H15N3O5/c1-21-13(18)4-5-14-10-7-9-8(2-3-12(17)15-9)6-11(10)16(19)20/h6-7,14H,2-5H2,1H3,(H,15,17). The van der Waals surface area contributed by atoms with Crippen molar-refractivity contribution in [2.75, 3.05) is 24.3 Å². The zero-order chi connectivity index (χ0) is 15.4. The molecule has 1 heterocycles. The van der Waals surface area contributed by atoms with Gasteiger partial charge in [0.2, 0.25) is 5.91 Å². The summed E-state index contributed by atoms with van der Waals surface area (Å²) in [6.07, 6.45) is 0.890. The molecule has 0 radical (unpaired) electrons. The number of nitro groups is 1. The molecule has 8 heteroatoms. The molecule has 0 aliphatic carbocycles. The van der Waals surface area contributed by atoms with E-state index in [0.29, 0.717) is 18.5 Å². The molecule has 1 aliphatic heterocycles. The van der Waals surface area contributed by atoms with Gasteiger partial charge < -0.3 is 15.4 Å². The third-order valence-corrected chi connectivity index (χ3v) is 3.19. The van der Waals surface area contributed by atoms with Crippen LogP contribution in [0.2, 0.25) is 0 Å². The third-order valence-electron chi connectivity index (χ3n) is 3.19. The molecule has 0 spiro atoms. The molecule has 0 aromatic heterocycles. The van der Waals surface area contributed by atoms with Crippen LogP contribution >= 0.6 is 0 Å². The Hall–Kier alpha value is -2.64. The number of hydrogen-bond acceptors (Lipinski definition) is 6. The lowest BCUT2D eigenvalue weighted by Crippen LogP contribution is -2.19. The van der Waals surface area contributed by atoms with Gasteiger partial charge in [0, 0.05) is 24.7 Å². The first-order valence-electron chi connectivity index (χ1n) is 6.43. The monoisotopic (exact) mass is 293 g/mol. The number of methoxy groups -OCH3 is 1. The van der Waals surface area contributed by atoms with Crippen LogP contribution < -0.4 is 10.6 Å². The van der Waals surface area contributed by atoms with Crippen molar-refractivity contribution >= 4 is 28.9 Å². The number of ether oxygens (including phenoxy) is 1. The summed E-state index contributed by atoms with van der Waals surface area (Å²) in [4.78, 5) is 33.0. The lowest BCUT2D eigenvalue weighted by Gasteiger charge is -2.18. The van der Waals surface area contributed by atoms with Crippen LogP contribution in [-0.2, 0) is 20.7 Å². The quantitative estimate of drug-likeness (QED) is 0.483. The largest absolute Gasteiger partial charge is 0.469 e. The molecule has 1 aromatic rings. The number of rotatable bonds is 5. The Bertz CT molecular complexity index is 600. The van der Waals surface area contributed by atoms with E-state index in [0.717, 1.165) is 5.56 Å². The lowest BCUT2D eigenvalue weighted by molar-refractivity contribution is -0.384. The highest BCUT2D eigenvalue weighted by molar-refractivity contribution is 5.95. The van der Waals surface area contributed by atoms with Crippen molar-refractivity contribution in [3.63, 3.8) is 0 Å². The van der Waals surface area contributed by atoms with E-state index in [4.69, 9.17) is 0 Å². The van der Waals surface area contributed by atoms with Crippen LogP contribution in [0.5, 0.6) is 0 Å². The highest BCUT2D eigenvalue weighted by Gasteiger charge is 2.22. The van der Waals surface area contributed by atoms with Gasteiger partial charge in [0.05, 0.1) is 18.5 Å². The van der Waals surface area contributed by atoms with Crippen molar-refractivity contribution in [1.82, 2.24) is 0 Å². The second-order valence-corrected chi connectivity index (χ2v) is 4.58. The summed E-state index contributed by atoms with van der Waals surface area (Å²) >= 11 is 0. The smallest absolute Gasteiger partial charge is 0.307 e. The van der Waals surface area contributed by atoms with Crippen LogP contribution in [0, 0.1) is 10.1 Å². The molecule has 1 amide bonds. The summed E-state index contributed by atoms with van der Waals surface area (Å²) in [5.41, 5.74) is 1.50. The third kappa shape index (κ3) is 3.47. The van der Waals surface area contributed by atoms with Crippen LogP contribution in [0.15, 0.2) is 12.1 Å². The zero-order valence-corrected chi connectivity index (χ0v) is 11.5. The fourth-order valence-corrected chi connectivity index (χ4v) is 2.11. The van der Waals surface area contributed by atoms with E-state index in [1.165, 1.54) is 19.2 Å². The molecule has 1 aromatic carbocycles. The number of nitrogens with zero attached hydrogens (tertiary/aromatic N) is 1. The van der Waals surface area contributed by atoms with Gasteiger partial charge in [0.25, 0.3) is 5.69 Å². The van der Waals surface area contributed by atoms with Crippen molar-refractivity contribution in [2.45, 2.75) is 19.3 Å². The molecule has 112 valence electrons. The van der Waals surface area contributed by atoms with Crippen molar-refractivity contribution in [3.8, 4) is 0 Å². The number of benzene rings is 1. The van der Waals surface area contributed by atoms with Crippen LogP contribution in [0.25, 0.3) is 0 Å². The summed E-state index contributed by atoms with van der Waals surface area (Å²) in [6, 6.07) is 2.98. The number of esters is 1. The topological polar surface area (TPSA) is 111 Å². The Morgan fingerprint density at radius 3 is 2.90 bits per heavy atom. The number of hydrogen-bond donors (Lipinski definition) is 2. The number of carbonyl (C=O) groups excluding carboxylic acids is 2. The maximum Gasteiger partial charge on any atom is 0.307 e. The summed E-state index contributed by atoms with van der Waals surface area (Å²) in [5, 5.41) is 16.6. The Morgan fingerprint density at radius 2 is 2.24 bits per heavy atom. The highest BCUT2D eigenvalue weighted by atomic mass is 16.6. The van der Waals surface area contributed by atoms with Crippen molar-refractivity contribution in [1.29, 1.82) is 0 Å². The molecule has 2 rings (SSSR count). The zero-order valence-electron chi connectivity index (χ0n) is 11.5. The Labute approximate surface area is 120 Å². The van der Waals surface area contributed by atoms with E-state index in [1.807, 2.05) is 0 Å². The molecule has 0 bridgehead atoms. The van der Waals surface area contributed by atoms with Gasteiger partial charge in [-0.25, -0.2) is 0 Å². The summed E-state index contributed by atoms with van der Waals surface area (Å²) in [6.45, 7) is 0.209. The number of fused-ring (bicyclic) bond motifs is 1. The highest BCUT2D eigenvalue weighted by Crippen LogP contribution is 2.34. The predicted molar refractivity (Wildman–Crippen MR) is 75.2 cm³/mol. The minimum absolute atomic E-state index is 0.0743. The van der Waals surface area contributed by atoms with E-state index in [2.05, 4.69) is 15.4 Å². The molecule has 0 saturated heterocycles. The van der Waals surface area contributed by atoms with Crippen LogP contribution in [0.4, 0.5) is 17.1 Å². The van der Waals surface area contributed by atoms with Gasteiger partial charge in [-0.2, -0.15) is 0 Å². The number of anilines is 2. The number of aryl methyl sites for hydroxylation is 1. The average Bonchev–Trinajstić information content (AvgIpc) is 2.45. The molecule has 0 unspecified atom stereocenters. The maximum absolute atomic E-state index is 11.4. The fraction of sp³-hybridized carbons (Fsp3) is 0.385. The Balaban J connectivity index is 2.21. The van der Waals surface area contributed by atoms with Gasteiger partial charge in [0.1, 0.15) is 5.69 Å². The molecule has 0 saturated carbocycles. The van der Waals surface area contributed by atoms with E-state index in [1.54, 1.807) is 0 Å². The second kappa shape index (κ2) is 6.21. The summed E-state index contributed by atoms with van der Waals surface area (Å²) in [7, 11) is 1.28. The van der Waals surface area contributed by atoms with Crippen LogP contribution in [-0.4, -0.2) is 30.5 Å². The van der Waals surface area contributed by atoms with Crippen LogP contribution in [0.1, 0.15) is 18.4 Å². The molecule has 0 fully saturated rings. The molecule has 2 N–H and O–H groups in total. The Kier molecular flexibility index (Phi) is 4.36. The van der Waals surface area contributed by atoms with Gasteiger partial charge in [0.15, 0.2) is 0 Å². The van der Waals surface area contributed by atoms with Gasteiger partial charge in [-0.15, -0.1) is 0 Å². The van der Waals surface area contributed by atoms with E-state index in [9.17, 15) is 19.7 Å². The predicted octanol–water partition coefficient (Wildman–Crippen LogP) is 1.45. The first-order valence-corrected chi connectivity index (χ1v) is 6.43. The normalized spacial score (nSPS) is 13.1. The maximum atomic E-state index is 11.4. The average molecular weight is 293 g/mol. The fourth-order valence-electron chi connectivity index (χ4n) is 2.11. The van der Waals surface area contributed by atoms with E-state index < -0.39 is 10.9 Å². The van der Waals surface area contributed by atoms with Crippen molar-refractivity contribution in [3.05, 3.63) is 27.8 Å².